The quantitative estimate of drug-likeness (QED) is 0.789. The van der Waals surface area contributed by atoms with Gasteiger partial charge in [0, 0.05) is 58.1 Å². The number of likely N-dealkylation sites (tertiary alicyclic amines) is 3. The van der Waals surface area contributed by atoms with E-state index in [0.29, 0.717) is 24.2 Å². The van der Waals surface area contributed by atoms with E-state index in [4.69, 9.17) is 0 Å². The summed E-state index contributed by atoms with van der Waals surface area (Å²) in [5.74, 6) is 0.853. The summed E-state index contributed by atoms with van der Waals surface area (Å²) in [6.07, 6.45) is 8.15. The number of carbonyl (C=O) groups is 2. The van der Waals surface area contributed by atoms with Crippen LogP contribution in [0.3, 0.4) is 0 Å². The maximum Gasteiger partial charge on any atom is 0.289 e. The van der Waals surface area contributed by atoms with E-state index >= 15 is 0 Å². The fraction of sp³-hybridized carbons (Fsp3) is 0.737. The van der Waals surface area contributed by atoms with Gasteiger partial charge in [0.2, 0.25) is 5.91 Å². The summed E-state index contributed by atoms with van der Waals surface area (Å²) in [6, 6.07) is 0.372. The zero-order chi connectivity index (χ0) is 18.3. The van der Waals surface area contributed by atoms with Gasteiger partial charge in [-0.3, -0.25) is 9.59 Å². The first-order chi connectivity index (χ1) is 12.5. The molecular formula is C19H29N5O2. The molecule has 4 heterocycles. The third-order valence-corrected chi connectivity index (χ3v) is 6.63. The fourth-order valence-electron chi connectivity index (χ4n) is 4.85. The molecule has 0 radical (unpaired) electrons. The predicted octanol–water partition coefficient (Wildman–Crippen LogP) is 0.969. The summed E-state index contributed by atoms with van der Waals surface area (Å²) >= 11 is 0. The number of rotatable bonds is 2. The molecule has 0 bridgehead atoms. The molecule has 3 aliphatic rings. The lowest BCUT2D eigenvalue weighted by molar-refractivity contribution is -0.141. The van der Waals surface area contributed by atoms with Crippen LogP contribution in [0.15, 0.2) is 12.4 Å². The second-order valence-electron chi connectivity index (χ2n) is 8.38. The molecule has 1 unspecified atom stereocenters. The van der Waals surface area contributed by atoms with E-state index < -0.39 is 0 Å². The van der Waals surface area contributed by atoms with Gasteiger partial charge in [0.15, 0.2) is 5.82 Å². The molecule has 0 saturated carbocycles. The van der Waals surface area contributed by atoms with Crippen molar-refractivity contribution in [2.45, 2.75) is 38.1 Å². The molecule has 0 aliphatic carbocycles. The van der Waals surface area contributed by atoms with E-state index in [1.807, 2.05) is 18.1 Å². The lowest BCUT2D eigenvalue weighted by atomic mass is 9.72. The fourth-order valence-corrected chi connectivity index (χ4v) is 4.85. The summed E-state index contributed by atoms with van der Waals surface area (Å²) in [5, 5.41) is 0. The van der Waals surface area contributed by atoms with Crippen LogP contribution in [0.4, 0.5) is 0 Å². The van der Waals surface area contributed by atoms with Crippen molar-refractivity contribution in [3.05, 3.63) is 18.2 Å². The summed E-state index contributed by atoms with van der Waals surface area (Å²) in [5.41, 5.74) is 0.188. The first-order valence-electron chi connectivity index (χ1n) is 9.72. The first kappa shape index (κ1) is 17.5. The van der Waals surface area contributed by atoms with Crippen molar-refractivity contribution in [2.75, 3.05) is 39.8 Å². The van der Waals surface area contributed by atoms with E-state index in [1.165, 1.54) is 0 Å². The predicted molar refractivity (Wildman–Crippen MR) is 97.6 cm³/mol. The topological polar surface area (TPSA) is 61.7 Å². The molecule has 26 heavy (non-hydrogen) atoms. The van der Waals surface area contributed by atoms with E-state index in [1.54, 1.807) is 10.8 Å². The highest BCUT2D eigenvalue weighted by molar-refractivity contribution is 5.90. The highest BCUT2D eigenvalue weighted by Crippen LogP contribution is 2.41. The van der Waals surface area contributed by atoms with Gasteiger partial charge in [-0.05, 0) is 44.7 Å². The average Bonchev–Trinajstić information content (AvgIpc) is 3.26. The largest absolute Gasteiger partial charge is 0.338 e. The molecule has 1 aromatic rings. The van der Waals surface area contributed by atoms with Crippen LogP contribution in [0.25, 0.3) is 0 Å². The molecule has 4 rings (SSSR count). The van der Waals surface area contributed by atoms with Crippen LogP contribution in [0, 0.1) is 5.41 Å². The van der Waals surface area contributed by atoms with Gasteiger partial charge in [-0.25, -0.2) is 4.98 Å². The minimum atomic E-state index is 0.0218. The third-order valence-electron chi connectivity index (χ3n) is 6.63. The molecule has 142 valence electrons. The maximum absolute atomic E-state index is 12.7. The van der Waals surface area contributed by atoms with Crippen LogP contribution in [-0.2, 0) is 11.8 Å². The summed E-state index contributed by atoms with van der Waals surface area (Å²) in [6.45, 7) is 4.46. The van der Waals surface area contributed by atoms with Crippen molar-refractivity contribution >= 4 is 11.8 Å². The Morgan fingerprint density at radius 3 is 2.58 bits per heavy atom. The van der Waals surface area contributed by atoms with Crippen molar-refractivity contribution < 1.29 is 9.59 Å². The second kappa shape index (κ2) is 6.68. The van der Waals surface area contributed by atoms with Crippen molar-refractivity contribution in [3.63, 3.8) is 0 Å². The van der Waals surface area contributed by atoms with Gasteiger partial charge in [-0.2, -0.15) is 0 Å². The average molecular weight is 359 g/mol. The number of hydrogen-bond donors (Lipinski definition) is 0. The highest BCUT2D eigenvalue weighted by Gasteiger charge is 2.44. The van der Waals surface area contributed by atoms with Crippen molar-refractivity contribution in [3.8, 4) is 0 Å². The van der Waals surface area contributed by atoms with Crippen LogP contribution in [0.1, 0.15) is 42.7 Å². The number of amides is 2. The second-order valence-corrected chi connectivity index (χ2v) is 8.38. The molecular weight excluding hydrogens is 330 g/mol. The van der Waals surface area contributed by atoms with Gasteiger partial charge in [-0.1, -0.05) is 0 Å². The number of hydrogen-bond acceptors (Lipinski definition) is 4. The van der Waals surface area contributed by atoms with Crippen LogP contribution < -0.4 is 0 Å². The minimum Gasteiger partial charge on any atom is -0.338 e. The van der Waals surface area contributed by atoms with Gasteiger partial charge in [0.1, 0.15) is 0 Å². The number of aryl methyl sites for hydroxylation is 1. The Balaban J connectivity index is 1.40. The van der Waals surface area contributed by atoms with E-state index in [-0.39, 0.29) is 11.3 Å². The smallest absolute Gasteiger partial charge is 0.289 e. The normalized spacial score (nSPS) is 26.7. The van der Waals surface area contributed by atoms with Crippen LogP contribution in [0.2, 0.25) is 0 Å². The molecule has 1 aromatic heterocycles. The zero-order valence-electron chi connectivity index (χ0n) is 15.9. The number of imidazole rings is 1. The molecule has 0 aromatic carbocycles. The Morgan fingerprint density at radius 2 is 1.96 bits per heavy atom. The molecule has 1 spiro atoms. The summed E-state index contributed by atoms with van der Waals surface area (Å²) in [4.78, 5) is 35.8. The van der Waals surface area contributed by atoms with Crippen LogP contribution in [0.5, 0.6) is 0 Å². The Kier molecular flexibility index (Phi) is 4.50. The van der Waals surface area contributed by atoms with Gasteiger partial charge in [0.25, 0.3) is 5.91 Å². The molecule has 7 heteroatoms. The minimum absolute atomic E-state index is 0.0218. The Hall–Kier alpha value is -1.89. The summed E-state index contributed by atoms with van der Waals surface area (Å²) in [7, 11) is 3.99. The molecule has 7 nitrogen and oxygen atoms in total. The van der Waals surface area contributed by atoms with E-state index in [2.05, 4.69) is 21.8 Å². The van der Waals surface area contributed by atoms with Crippen LogP contribution in [-0.4, -0.2) is 81.9 Å². The molecule has 1 atom stereocenters. The van der Waals surface area contributed by atoms with Crippen LogP contribution >= 0.6 is 0 Å². The molecule has 3 aliphatic heterocycles. The number of nitrogens with zero attached hydrogens (tertiary/aromatic N) is 5. The molecule has 0 N–H and O–H groups in total. The monoisotopic (exact) mass is 359 g/mol. The third kappa shape index (κ3) is 3.13. The van der Waals surface area contributed by atoms with Gasteiger partial charge < -0.3 is 19.3 Å². The Labute approximate surface area is 154 Å². The number of piperidine rings is 2. The number of aromatic nitrogens is 2. The maximum atomic E-state index is 12.7. The van der Waals surface area contributed by atoms with E-state index in [0.717, 1.165) is 58.4 Å². The zero-order valence-corrected chi connectivity index (χ0v) is 15.9. The number of carbonyl (C=O) groups excluding carboxylic acids is 2. The highest BCUT2D eigenvalue weighted by atomic mass is 16.2. The molecule has 2 amide bonds. The Bertz CT molecular complexity index is 692. The van der Waals surface area contributed by atoms with Gasteiger partial charge in [-0.15, -0.1) is 0 Å². The first-order valence-corrected chi connectivity index (χ1v) is 9.72. The van der Waals surface area contributed by atoms with Crippen molar-refractivity contribution in [2.24, 2.45) is 12.5 Å². The standard InChI is InChI=1S/C19H29N5O2/c1-21-9-4-15(13-21)24-14-19(5-3-16(24)25)6-10-23(11-7-19)18(26)17-20-8-12-22(17)2/h8,12,15H,3-7,9-11,13-14H2,1-2H3. The lowest BCUT2D eigenvalue weighted by Gasteiger charge is -2.48. The van der Waals surface area contributed by atoms with Crippen molar-refractivity contribution in [1.82, 2.24) is 24.3 Å². The lowest BCUT2D eigenvalue weighted by Crippen LogP contribution is -2.55. The summed E-state index contributed by atoms with van der Waals surface area (Å²) < 4.78 is 1.78. The SMILES string of the molecule is CN1CCC(N2CC3(CCC2=O)CCN(C(=O)c2nccn2C)CC3)C1. The van der Waals surface area contributed by atoms with Gasteiger partial charge >= 0.3 is 0 Å². The van der Waals surface area contributed by atoms with E-state index in [9.17, 15) is 9.59 Å². The molecule has 3 fully saturated rings. The van der Waals surface area contributed by atoms with Gasteiger partial charge in [0.05, 0.1) is 0 Å². The Morgan fingerprint density at radius 1 is 1.19 bits per heavy atom. The molecule has 3 saturated heterocycles. The van der Waals surface area contributed by atoms with Crippen molar-refractivity contribution in [1.29, 1.82) is 0 Å². The number of likely N-dealkylation sites (N-methyl/N-ethyl adjacent to an activating group) is 1.